The van der Waals surface area contributed by atoms with E-state index in [0.717, 1.165) is 25.7 Å². The molecule has 0 heterocycles. The van der Waals surface area contributed by atoms with Gasteiger partial charge in [0, 0.05) is 23.1 Å². The monoisotopic (exact) mass is 449 g/mol. The first kappa shape index (κ1) is 23.2. The zero-order valence-corrected chi connectivity index (χ0v) is 14.2. The van der Waals surface area contributed by atoms with E-state index in [2.05, 4.69) is 0 Å². The molecule has 0 N–H and O–H groups in total. The maximum Gasteiger partial charge on any atom is 2.00 e. The van der Waals surface area contributed by atoms with Crippen LogP contribution in [0.1, 0.15) is 53.4 Å². The van der Waals surface area contributed by atoms with Crippen LogP contribution in [0.5, 0.6) is 0 Å². The predicted molar refractivity (Wildman–Crippen MR) is 69.8 cm³/mol. The van der Waals surface area contributed by atoms with Gasteiger partial charge in [-0.25, -0.2) is 0 Å². The van der Waals surface area contributed by atoms with Gasteiger partial charge in [0.1, 0.15) is 0 Å². The number of hydrogen-bond donors (Lipinski definition) is 0. The minimum atomic E-state index is -0.159. The molecule has 0 aromatic carbocycles. The number of ketones is 4. The second-order valence-electron chi connectivity index (χ2n) is 3.94. The fraction of sp³-hybridized carbons (Fsp3) is 0.571. The molecular formula is C14H22O4Pt. The molecule has 0 spiro atoms. The second-order valence-corrected chi connectivity index (χ2v) is 3.94. The molecule has 0 saturated heterocycles. The van der Waals surface area contributed by atoms with E-state index in [-0.39, 0.29) is 44.2 Å². The molecule has 0 aliphatic heterocycles. The van der Waals surface area contributed by atoms with Crippen molar-refractivity contribution >= 4 is 23.1 Å². The summed E-state index contributed by atoms with van der Waals surface area (Å²) in [7, 11) is 0. The van der Waals surface area contributed by atoms with Crippen LogP contribution in [-0.2, 0) is 40.2 Å². The Balaban J connectivity index is -0.000000256. The van der Waals surface area contributed by atoms with E-state index < -0.39 is 0 Å². The summed E-state index contributed by atoms with van der Waals surface area (Å²) >= 11 is 0. The Labute approximate surface area is 130 Å². The van der Waals surface area contributed by atoms with Crippen molar-refractivity contribution in [3.05, 3.63) is 12.8 Å². The van der Waals surface area contributed by atoms with E-state index in [0.29, 0.717) is 12.8 Å². The third-order valence-corrected chi connectivity index (χ3v) is 1.72. The summed E-state index contributed by atoms with van der Waals surface area (Å²) in [5, 5.41) is 0. The van der Waals surface area contributed by atoms with Crippen molar-refractivity contribution in [2.24, 2.45) is 0 Å². The average molecular weight is 449 g/mol. The Morgan fingerprint density at radius 3 is 1.16 bits per heavy atom. The van der Waals surface area contributed by atoms with E-state index in [1.807, 2.05) is 13.8 Å². The van der Waals surface area contributed by atoms with Gasteiger partial charge >= 0.3 is 21.1 Å². The molecule has 0 rings (SSSR count). The molecule has 4 nitrogen and oxygen atoms in total. The van der Waals surface area contributed by atoms with Gasteiger partial charge in [0.05, 0.1) is 0 Å². The molecule has 0 saturated carbocycles. The molecule has 0 aliphatic rings. The van der Waals surface area contributed by atoms with E-state index in [4.69, 9.17) is 0 Å². The maximum absolute atomic E-state index is 10.6. The van der Waals surface area contributed by atoms with Gasteiger partial charge in [0.15, 0.2) is 0 Å². The van der Waals surface area contributed by atoms with Crippen LogP contribution in [0.3, 0.4) is 0 Å². The first-order valence-corrected chi connectivity index (χ1v) is 6.09. The zero-order chi connectivity index (χ0) is 14.6. The van der Waals surface area contributed by atoms with Crippen molar-refractivity contribution in [1.82, 2.24) is 0 Å². The van der Waals surface area contributed by atoms with Gasteiger partial charge in [-0.15, -0.1) is 0 Å². The molecule has 0 aromatic rings. The van der Waals surface area contributed by atoms with Crippen LogP contribution in [0.2, 0.25) is 0 Å². The topological polar surface area (TPSA) is 68.3 Å². The van der Waals surface area contributed by atoms with Crippen LogP contribution in [-0.4, -0.2) is 23.1 Å². The van der Waals surface area contributed by atoms with E-state index in [9.17, 15) is 19.2 Å². The van der Waals surface area contributed by atoms with Gasteiger partial charge in [-0.3, -0.25) is 12.8 Å². The van der Waals surface area contributed by atoms with Gasteiger partial charge < -0.3 is 19.2 Å². The van der Waals surface area contributed by atoms with Gasteiger partial charge in [0.2, 0.25) is 0 Å². The molecule has 0 atom stereocenters. The van der Waals surface area contributed by atoms with Crippen LogP contribution in [0, 0.1) is 12.8 Å². The number of rotatable bonds is 8. The maximum atomic E-state index is 10.6. The smallest absolute Gasteiger partial charge is 0.334 e. The minimum Gasteiger partial charge on any atom is -0.334 e. The van der Waals surface area contributed by atoms with Crippen molar-refractivity contribution in [1.29, 1.82) is 0 Å². The van der Waals surface area contributed by atoms with Crippen molar-refractivity contribution < 1.29 is 40.2 Å². The van der Waals surface area contributed by atoms with Crippen molar-refractivity contribution in [2.45, 2.75) is 53.4 Å². The zero-order valence-electron chi connectivity index (χ0n) is 11.9. The molecule has 0 unspecified atom stereocenters. The third kappa shape index (κ3) is 22.7. The molecule has 19 heavy (non-hydrogen) atoms. The summed E-state index contributed by atoms with van der Waals surface area (Å²) in [6, 6.07) is 0. The Kier molecular flexibility index (Phi) is 18.5. The van der Waals surface area contributed by atoms with Crippen LogP contribution in [0.15, 0.2) is 0 Å². The quantitative estimate of drug-likeness (QED) is 0.421. The molecule has 112 valence electrons. The second kappa shape index (κ2) is 15.2. The van der Waals surface area contributed by atoms with Crippen LogP contribution < -0.4 is 0 Å². The minimum absolute atomic E-state index is 0. The Hall–Kier alpha value is -0.892. The number of carbonyl (C=O) groups excluding carboxylic acids is 4. The number of carbonyl (C=O) groups is 4. The molecule has 0 bridgehead atoms. The molecule has 0 amide bonds. The largest absolute Gasteiger partial charge is 2.00 e. The molecular weight excluding hydrogens is 427 g/mol. The number of Topliss-reactive ketones (excluding diaryl/α,β-unsaturated/α-hetero) is 4. The Morgan fingerprint density at radius 1 is 0.737 bits per heavy atom. The van der Waals surface area contributed by atoms with Gasteiger partial charge in [-0.05, 0) is 26.7 Å². The SMILES string of the molecule is CCCC(=O)[CH-]C(C)=O.CCCC(=O)[CH-]C(C)=O.[Pt+2]. The predicted octanol–water partition coefficient (Wildman–Crippen LogP) is 2.30. The molecule has 0 aliphatic carbocycles. The molecule has 0 fully saturated rings. The van der Waals surface area contributed by atoms with E-state index in [1.54, 1.807) is 0 Å². The van der Waals surface area contributed by atoms with Gasteiger partial charge in [0.25, 0.3) is 0 Å². The van der Waals surface area contributed by atoms with E-state index >= 15 is 0 Å². The summed E-state index contributed by atoms with van der Waals surface area (Å²) in [5.41, 5.74) is 0. The Bertz CT molecular complexity index is 268. The van der Waals surface area contributed by atoms with Crippen LogP contribution in [0.4, 0.5) is 0 Å². The standard InChI is InChI=1S/2C7H11O2.Pt/c2*1-3-4-7(9)5-6(2)8;/h2*5H,3-4H2,1-2H3;/q2*-1;+2. The summed E-state index contributed by atoms with van der Waals surface area (Å²) in [6.45, 7) is 6.58. The number of hydrogen-bond acceptors (Lipinski definition) is 4. The first-order valence-electron chi connectivity index (χ1n) is 6.09. The molecule has 0 radical (unpaired) electrons. The average Bonchev–Trinajstić information content (AvgIpc) is 2.16. The van der Waals surface area contributed by atoms with Crippen molar-refractivity contribution in [3.8, 4) is 0 Å². The van der Waals surface area contributed by atoms with Gasteiger partial charge in [-0.2, -0.15) is 0 Å². The summed E-state index contributed by atoms with van der Waals surface area (Å²) in [5.74, 6) is -0.447. The first-order chi connectivity index (χ1) is 8.33. The molecule has 0 aromatic heterocycles. The van der Waals surface area contributed by atoms with Crippen LogP contribution in [0.25, 0.3) is 0 Å². The summed E-state index contributed by atoms with van der Waals surface area (Å²) < 4.78 is 0. The third-order valence-electron chi connectivity index (χ3n) is 1.72. The summed E-state index contributed by atoms with van der Waals surface area (Å²) in [6.07, 6.45) is 4.87. The van der Waals surface area contributed by atoms with E-state index in [1.165, 1.54) is 13.8 Å². The fourth-order valence-corrected chi connectivity index (χ4v) is 1.09. The fourth-order valence-electron chi connectivity index (χ4n) is 1.09. The van der Waals surface area contributed by atoms with Crippen molar-refractivity contribution in [2.75, 3.05) is 0 Å². The normalized spacial score (nSPS) is 8.21. The van der Waals surface area contributed by atoms with Gasteiger partial charge in [-0.1, -0.05) is 26.7 Å². The van der Waals surface area contributed by atoms with Crippen molar-refractivity contribution in [3.63, 3.8) is 0 Å². The molecule has 5 heteroatoms. The summed E-state index contributed by atoms with van der Waals surface area (Å²) in [4.78, 5) is 41.7. The van der Waals surface area contributed by atoms with Crippen LogP contribution >= 0.6 is 0 Å². The Morgan fingerprint density at radius 2 is 1.00 bits per heavy atom.